The highest BCUT2D eigenvalue weighted by atomic mass is 19.1. The lowest BCUT2D eigenvalue weighted by Crippen LogP contribution is -2.20. The minimum absolute atomic E-state index is 0.00389. The highest BCUT2D eigenvalue weighted by Crippen LogP contribution is 2.19. The summed E-state index contributed by atoms with van der Waals surface area (Å²) in [6.07, 6.45) is 1.56. The van der Waals surface area contributed by atoms with Crippen LogP contribution < -0.4 is 10.2 Å². The number of pyridine rings is 1. The zero-order valence-corrected chi connectivity index (χ0v) is 15.8. The summed E-state index contributed by atoms with van der Waals surface area (Å²) in [5.74, 6) is -0.316. The standard InChI is InChI=1S/C24H18FNO3/c1-29-19-10-7-17(8-11-19)23(27)21-15-26(14-16-5-3-2-4-6-16)22-12-9-18(25)13-20(22)24(21)28/h2-13,15H,14H2,1H3. The van der Waals surface area contributed by atoms with Crippen LogP contribution in [0.2, 0.25) is 0 Å². The molecule has 0 aliphatic carbocycles. The van der Waals surface area contributed by atoms with Crippen molar-refractivity contribution >= 4 is 16.7 Å². The van der Waals surface area contributed by atoms with E-state index in [1.807, 2.05) is 34.9 Å². The molecule has 0 saturated carbocycles. The van der Waals surface area contributed by atoms with Crippen LogP contribution in [0, 0.1) is 5.82 Å². The van der Waals surface area contributed by atoms with Crippen LogP contribution >= 0.6 is 0 Å². The van der Waals surface area contributed by atoms with Gasteiger partial charge in [0, 0.05) is 23.7 Å². The Labute approximate surface area is 166 Å². The van der Waals surface area contributed by atoms with Gasteiger partial charge in [-0.15, -0.1) is 0 Å². The number of carbonyl (C=O) groups excluding carboxylic acids is 1. The molecule has 3 aromatic carbocycles. The summed E-state index contributed by atoms with van der Waals surface area (Å²) in [4.78, 5) is 26.0. The molecular formula is C24H18FNO3. The Morgan fingerprint density at radius 1 is 1.00 bits per heavy atom. The summed E-state index contributed by atoms with van der Waals surface area (Å²) < 4.78 is 20.8. The average Bonchev–Trinajstić information content (AvgIpc) is 2.76. The van der Waals surface area contributed by atoms with Crippen LogP contribution in [0.15, 0.2) is 83.8 Å². The molecule has 4 rings (SSSR count). The lowest BCUT2D eigenvalue weighted by molar-refractivity contribution is 0.103. The molecule has 0 spiro atoms. The average molecular weight is 387 g/mol. The Hall–Kier alpha value is -3.73. The van der Waals surface area contributed by atoms with E-state index < -0.39 is 17.0 Å². The second-order valence-electron chi connectivity index (χ2n) is 6.70. The van der Waals surface area contributed by atoms with Gasteiger partial charge in [-0.2, -0.15) is 0 Å². The molecule has 29 heavy (non-hydrogen) atoms. The molecule has 0 bridgehead atoms. The van der Waals surface area contributed by atoms with Gasteiger partial charge < -0.3 is 9.30 Å². The number of aromatic nitrogens is 1. The third-order valence-electron chi connectivity index (χ3n) is 4.83. The molecule has 0 N–H and O–H groups in total. The van der Waals surface area contributed by atoms with E-state index >= 15 is 0 Å². The van der Waals surface area contributed by atoms with Gasteiger partial charge in [0.05, 0.1) is 18.2 Å². The number of methoxy groups -OCH3 is 1. The maximum atomic E-state index is 13.9. The number of hydrogen-bond acceptors (Lipinski definition) is 3. The van der Waals surface area contributed by atoms with E-state index in [-0.39, 0.29) is 10.9 Å². The minimum Gasteiger partial charge on any atom is -0.497 e. The summed E-state index contributed by atoms with van der Waals surface area (Å²) in [5, 5.41) is 0.181. The fourth-order valence-electron chi connectivity index (χ4n) is 3.34. The molecule has 0 fully saturated rings. The number of rotatable bonds is 5. The van der Waals surface area contributed by atoms with Gasteiger partial charge in [-0.05, 0) is 48.0 Å². The number of fused-ring (bicyclic) bond motifs is 1. The molecular weight excluding hydrogens is 369 g/mol. The topological polar surface area (TPSA) is 48.3 Å². The summed E-state index contributed by atoms with van der Waals surface area (Å²) in [5.41, 5.74) is 1.47. The molecule has 144 valence electrons. The molecule has 1 heterocycles. The summed E-state index contributed by atoms with van der Waals surface area (Å²) in [7, 11) is 1.54. The Bertz CT molecular complexity index is 1250. The van der Waals surface area contributed by atoms with Crippen molar-refractivity contribution in [2.24, 2.45) is 0 Å². The normalized spacial score (nSPS) is 10.8. The first-order valence-electron chi connectivity index (χ1n) is 9.12. The quantitative estimate of drug-likeness (QED) is 0.476. The zero-order chi connectivity index (χ0) is 20.4. The van der Waals surface area contributed by atoms with Gasteiger partial charge in [-0.25, -0.2) is 4.39 Å². The zero-order valence-electron chi connectivity index (χ0n) is 15.8. The molecule has 0 radical (unpaired) electrons. The van der Waals surface area contributed by atoms with Crippen molar-refractivity contribution in [3.8, 4) is 5.75 Å². The first kappa shape index (κ1) is 18.6. The van der Waals surface area contributed by atoms with E-state index in [1.54, 1.807) is 36.5 Å². The van der Waals surface area contributed by atoms with Gasteiger partial charge in [0.25, 0.3) is 0 Å². The van der Waals surface area contributed by atoms with E-state index in [2.05, 4.69) is 0 Å². The van der Waals surface area contributed by atoms with Gasteiger partial charge in [-0.1, -0.05) is 30.3 Å². The molecule has 0 saturated heterocycles. The Kier molecular flexibility index (Phi) is 4.96. The smallest absolute Gasteiger partial charge is 0.200 e. The maximum Gasteiger partial charge on any atom is 0.200 e. The monoisotopic (exact) mass is 387 g/mol. The highest BCUT2D eigenvalue weighted by molar-refractivity contribution is 6.10. The molecule has 5 heteroatoms. The third kappa shape index (κ3) is 3.67. The molecule has 0 aliphatic heterocycles. The van der Waals surface area contributed by atoms with Crippen LogP contribution in [0.25, 0.3) is 10.9 Å². The van der Waals surface area contributed by atoms with Crippen molar-refractivity contribution in [3.63, 3.8) is 0 Å². The van der Waals surface area contributed by atoms with E-state index in [0.717, 1.165) is 5.56 Å². The van der Waals surface area contributed by atoms with Crippen molar-refractivity contribution in [2.45, 2.75) is 6.54 Å². The maximum absolute atomic E-state index is 13.9. The molecule has 0 atom stereocenters. The van der Waals surface area contributed by atoms with Crippen LogP contribution in [-0.4, -0.2) is 17.5 Å². The number of hydrogen-bond donors (Lipinski definition) is 0. The highest BCUT2D eigenvalue weighted by Gasteiger charge is 2.18. The van der Waals surface area contributed by atoms with Crippen LogP contribution in [0.1, 0.15) is 21.5 Å². The minimum atomic E-state index is -0.519. The van der Waals surface area contributed by atoms with Crippen LogP contribution in [0.3, 0.4) is 0 Å². The van der Waals surface area contributed by atoms with E-state index in [4.69, 9.17) is 4.74 Å². The fourth-order valence-corrected chi connectivity index (χ4v) is 3.34. The van der Waals surface area contributed by atoms with Crippen molar-refractivity contribution in [1.82, 2.24) is 4.57 Å². The third-order valence-corrected chi connectivity index (χ3v) is 4.83. The largest absolute Gasteiger partial charge is 0.497 e. The van der Waals surface area contributed by atoms with Crippen LogP contribution in [-0.2, 0) is 6.54 Å². The number of ketones is 1. The van der Waals surface area contributed by atoms with Crippen molar-refractivity contribution in [1.29, 1.82) is 0 Å². The molecule has 1 aromatic heterocycles. The Morgan fingerprint density at radius 3 is 2.41 bits per heavy atom. The number of ether oxygens (including phenoxy) is 1. The Balaban J connectivity index is 1.88. The van der Waals surface area contributed by atoms with E-state index in [0.29, 0.717) is 23.4 Å². The summed E-state index contributed by atoms with van der Waals surface area (Å²) in [6.45, 7) is 0.451. The summed E-state index contributed by atoms with van der Waals surface area (Å²) >= 11 is 0. The number of nitrogens with zero attached hydrogens (tertiary/aromatic N) is 1. The SMILES string of the molecule is COc1ccc(C(=O)c2cn(Cc3ccccc3)c3ccc(F)cc3c2=O)cc1. The van der Waals surface area contributed by atoms with Crippen molar-refractivity contribution in [3.05, 3.63) is 112 Å². The van der Waals surface area contributed by atoms with Crippen LogP contribution in [0.4, 0.5) is 4.39 Å². The molecule has 4 aromatic rings. The Morgan fingerprint density at radius 2 is 1.72 bits per heavy atom. The number of benzene rings is 3. The van der Waals surface area contributed by atoms with E-state index in [1.165, 1.54) is 19.2 Å². The number of halogens is 1. The lowest BCUT2D eigenvalue weighted by Gasteiger charge is -2.14. The predicted molar refractivity (Wildman–Crippen MR) is 110 cm³/mol. The van der Waals surface area contributed by atoms with Gasteiger partial charge in [-0.3, -0.25) is 9.59 Å². The van der Waals surface area contributed by atoms with Gasteiger partial charge >= 0.3 is 0 Å². The molecule has 0 unspecified atom stereocenters. The molecule has 4 nitrogen and oxygen atoms in total. The first-order chi connectivity index (χ1) is 14.1. The van der Waals surface area contributed by atoms with Crippen molar-refractivity contribution < 1.29 is 13.9 Å². The first-order valence-corrected chi connectivity index (χ1v) is 9.12. The number of carbonyl (C=O) groups is 1. The lowest BCUT2D eigenvalue weighted by atomic mass is 10.0. The van der Waals surface area contributed by atoms with Gasteiger partial charge in [0.15, 0.2) is 5.78 Å². The second-order valence-corrected chi connectivity index (χ2v) is 6.70. The molecule has 0 aliphatic rings. The molecule has 0 amide bonds. The summed E-state index contributed by atoms with van der Waals surface area (Å²) in [6, 6.07) is 20.3. The predicted octanol–water partition coefficient (Wildman–Crippen LogP) is 4.43. The van der Waals surface area contributed by atoms with Crippen molar-refractivity contribution in [2.75, 3.05) is 7.11 Å². The second kappa shape index (κ2) is 7.72. The van der Waals surface area contributed by atoms with E-state index in [9.17, 15) is 14.0 Å². The fraction of sp³-hybridized carbons (Fsp3) is 0.0833. The van der Waals surface area contributed by atoms with Crippen LogP contribution in [0.5, 0.6) is 5.75 Å². The van der Waals surface area contributed by atoms with Gasteiger partial charge in [0.2, 0.25) is 5.43 Å². The van der Waals surface area contributed by atoms with Gasteiger partial charge in [0.1, 0.15) is 11.6 Å².